The molecule has 0 bridgehead atoms. The van der Waals surface area contributed by atoms with E-state index in [1.54, 1.807) is 4.57 Å². The van der Waals surface area contributed by atoms with E-state index >= 15 is 0 Å². The van der Waals surface area contributed by atoms with E-state index in [1.807, 2.05) is 30.8 Å². The molecule has 2 rings (SSSR count). The van der Waals surface area contributed by atoms with Gasteiger partial charge < -0.3 is 5.32 Å². The highest BCUT2D eigenvalue weighted by molar-refractivity contribution is 4.84. The molecule has 4 nitrogen and oxygen atoms in total. The SMILES string of the molecule is CC(C)n1ccn(CCC2CCCN2)c1=O. The summed E-state index contributed by atoms with van der Waals surface area (Å²) in [6, 6.07) is 0.854. The van der Waals surface area contributed by atoms with Crippen LogP contribution in [0.5, 0.6) is 0 Å². The van der Waals surface area contributed by atoms with E-state index in [0.29, 0.717) is 6.04 Å². The van der Waals surface area contributed by atoms with E-state index in [1.165, 1.54) is 12.8 Å². The van der Waals surface area contributed by atoms with Crippen LogP contribution in [0.25, 0.3) is 0 Å². The minimum absolute atomic E-state index is 0.119. The van der Waals surface area contributed by atoms with Crippen molar-refractivity contribution in [2.75, 3.05) is 6.54 Å². The van der Waals surface area contributed by atoms with Crippen LogP contribution in [-0.2, 0) is 6.54 Å². The second-order valence-electron chi connectivity index (χ2n) is 4.86. The van der Waals surface area contributed by atoms with Crippen molar-refractivity contribution >= 4 is 0 Å². The molecule has 16 heavy (non-hydrogen) atoms. The molecule has 0 aliphatic carbocycles. The van der Waals surface area contributed by atoms with Crippen molar-refractivity contribution in [2.24, 2.45) is 0 Å². The molecular weight excluding hydrogens is 202 g/mol. The molecule has 1 atom stereocenters. The molecule has 0 radical (unpaired) electrons. The molecule has 1 aliphatic heterocycles. The summed E-state index contributed by atoms with van der Waals surface area (Å²) in [5.41, 5.74) is 0.119. The van der Waals surface area contributed by atoms with Gasteiger partial charge in [-0.15, -0.1) is 0 Å². The van der Waals surface area contributed by atoms with Gasteiger partial charge in [0.1, 0.15) is 0 Å². The lowest BCUT2D eigenvalue weighted by atomic mass is 10.1. The van der Waals surface area contributed by atoms with Crippen LogP contribution in [0.15, 0.2) is 17.2 Å². The predicted octanol–water partition coefficient (Wildman–Crippen LogP) is 1.37. The molecule has 1 aliphatic rings. The molecule has 1 aromatic rings. The summed E-state index contributed by atoms with van der Waals surface area (Å²) >= 11 is 0. The van der Waals surface area contributed by atoms with E-state index in [0.717, 1.165) is 19.5 Å². The van der Waals surface area contributed by atoms with Gasteiger partial charge in [0.05, 0.1) is 0 Å². The summed E-state index contributed by atoms with van der Waals surface area (Å²) in [6.07, 6.45) is 7.36. The Bertz CT molecular complexity index is 385. The van der Waals surface area contributed by atoms with Gasteiger partial charge in [-0.2, -0.15) is 0 Å². The zero-order valence-electron chi connectivity index (χ0n) is 10.1. The Balaban J connectivity index is 1.96. The van der Waals surface area contributed by atoms with Gasteiger partial charge in [0.25, 0.3) is 0 Å². The van der Waals surface area contributed by atoms with Crippen LogP contribution in [0.3, 0.4) is 0 Å². The fourth-order valence-corrected chi connectivity index (χ4v) is 2.29. The molecule has 1 fully saturated rings. The topological polar surface area (TPSA) is 39.0 Å². The Morgan fingerprint density at radius 3 is 2.88 bits per heavy atom. The van der Waals surface area contributed by atoms with Gasteiger partial charge in [-0.1, -0.05) is 0 Å². The molecule has 1 aromatic heterocycles. The van der Waals surface area contributed by atoms with Gasteiger partial charge in [0, 0.05) is 31.0 Å². The Morgan fingerprint density at radius 1 is 1.50 bits per heavy atom. The zero-order valence-corrected chi connectivity index (χ0v) is 10.1. The van der Waals surface area contributed by atoms with Crippen molar-refractivity contribution in [1.29, 1.82) is 0 Å². The number of nitrogens with zero attached hydrogens (tertiary/aromatic N) is 2. The summed E-state index contributed by atoms with van der Waals surface area (Å²) in [5, 5.41) is 3.45. The Morgan fingerprint density at radius 2 is 2.31 bits per heavy atom. The minimum Gasteiger partial charge on any atom is -0.314 e. The molecule has 0 aromatic carbocycles. The largest absolute Gasteiger partial charge is 0.328 e. The maximum Gasteiger partial charge on any atom is 0.328 e. The summed E-state index contributed by atoms with van der Waals surface area (Å²) in [5.74, 6) is 0. The Labute approximate surface area is 96.3 Å². The zero-order chi connectivity index (χ0) is 11.5. The Kier molecular flexibility index (Phi) is 3.49. The monoisotopic (exact) mass is 223 g/mol. The van der Waals surface area contributed by atoms with Crippen molar-refractivity contribution in [3.63, 3.8) is 0 Å². The van der Waals surface area contributed by atoms with Gasteiger partial charge in [-0.25, -0.2) is 4.79 Å². The van der Waals surface area contributed by atoms with Gasteiger partial charge in [-0.05, 0) is 39.7 Å². The average molecular weight is 223 g/mol. The number of imidazole rings is 1. The third-order valence-electron chi connectivity index (χ3n) is 3.31. The molecule has 0 spiro atoms. The van der Waals surface area contributed by atoms with E-state index in [9.17, 15) is 4.79 Å². The number of aromatic nitrogens is 2. The maximum absolute atomic E-state index is 11.9. The first kappa shape index (κ1) is 11.5. The first-order chi connectivity index (χ1) is 7.68. The molecule has 1 N–H and O–H groups in total. The molecule has 2 heterocycles. The van der Waals surface area contributed by atoms with Crippen molar-refractivity contribution in [2.45, 2.75) is 51.7 Å². The van der Waals surface area contributed by atoms with Crippen molar-refractivity contribution in [3.8, 4) is 0 Å². The molecular formula is C12H21N3O. The third-order valence-corrected chi connectivity index (χ3v) is 3.31. The number of hydrogen-bond acceptors (Lipinski definition) is 2. The van der Waals surface area contributed by atoms with Gasteiger partial charge in [0.2, 0.25) is 0 Å². The maximum atomic E-state index is 11.9. The average Bonchev–Trinajstić information content (AvgIpc) is 2.84. The van der Waals surface area contributed by atoms with Crippen LogP contribution < -0.4 is 11.0 Å². The van der Waals surface area contributed by atoms with Gasteiger partial charge >= 0.3 is 5.69 Å². The van der Waals surface area contributed by atoms with E-state index < -0.39 is 0 Å². The molecule has 1 unspecified atom stereocenters. The van der Waals surface area contributed by atoms with E-state index in [-0.39, 0.29) is 11.7 Å². The number of hydrogen-bond donors (Lipinski definition) is 1. The highest BCUT2D eigenvalue weighted by Gasteiger charge is 2.14. The smallest absolute Gasteiger partial charge is 0.314 e. The lowest BCUT2D eigenvalue weighted by Gasteiger charge is -2.10. The predicted molar refractivity (Wildman–Crippen MR) is 64.7 cm³/mol. The van der Waals surface area contributed by atoms with Crippen LogP contribution in [0.4, 0.5) is 0 Å². The fraction of sp³-hybridized carbons (Fsp3) is 0.750. The standard InChI is InChI=1S/C12H21N3O/c1-10(2)15-9-8-14(12(15)16)7-5-11-4-3-6-13-11/h8-11,13H,3-7H2,1-2H3. The second-order valence-corrected chi connectivity index (χ2v) is 4.86. The summed E-state index contributed by atoms with van der Waals surface area (Å²) < 4.78 is 3.60. The van der Waals surface area contributed by atoms with Crippen LogP contribution >= 0.6 is 0 Å². The molecule has 90 valence electrons. The second kappa shape index (κ2) is 4.87. The normalized spacial score (nSPS) is 20.8. The fourth-order valence-electron chi connectivity index (χ4n) is 2.29. The molecule has 1 saturated heterocycles. The van der Waals surface area contributed by atoms with Crippen LogP contribution in [0.1, 0.15) is 39.2 Å². The van der Waals surface area contributed by atoms with E-state index in [4.69, 9.17) is 0 Å². The Hall–Kier alpha value is -1.03. The molecule has 0 saturated carbocycles. The highest BCUT2D eigenvalue weighted by atomic mass is 16.1. The number of nitrogens with one attached hydrogen (secondary N) is 1. The summed E-state index contributed by atoms with van der Waals surface area (Å²) in [7, 11) is 0. The number of rotatable bonds is 4. The summed E-state index contributed by atoms with van der Waals surface area (Å²) in [4.78, 5) is 11.9. The third kappa shape index (κ3) is 2.38. The first-order valence-electron chi connectivity index (χ1n) is 6.19. The van der Waals surface area contributed by atoms with Crippen LogP contribution in [0, 0.1) is 0 Å². The van der Waals surface area contributed by atoms with Crippen molar-refractivity contribution < 1.29 is 0 Å². The number of aryl methyl sites for hydroxylation is 1. The molecule has 4 heteroatoms. The summed E-state index contributed by atoms with van der Waals surface area (Å²) in [6.45, 7) is 6.03. The van der Waals surface area contributed by atoms with Crippen LogP contribution in [0.2, 0.25) is 0 Å². The minimum atomic E-state index is 0.119. The lowest BCUT2D eigenvalue weighted by Crippen LogP contribution is -2.28. The van der Waals surface area contributed by atoms with Crippen molar-refractivity contribution in [1.82, 2.24) is 14.5 Å². The highest BCUT2D eigenvalue weighted by Crippen LogP contribution is 2.09. The van der Waals surface area contributed by atoms with Crippen molar-refractivity contribution in [3.05, 3.63) is 22.9 Å². The quantitative estimate of drug-likeness (QED) is 0.837. The van der Waals surface area contributed by atoms with E-state index in [2.05, 4.69) is 5.32 Å². The molecule has 0 amide bonds. The van der Waals surface area contributed by atoms with Gasteiger partial charge in [0.15, 0.2) is 0 Å². The lowest BCUT2D eigenvalue weighted by molar-refractivity contribution is 0.485. The van der Waals surface area contributed by atoms with Gasteiger partial charge in [-0.3, -0.25) is 9.13 Å². The first-order valence-corrected chi connectivity index (χ1v) is 6.19. The van der Waals surface area contributed by atoms with Crippen LogP contribution in [-0.4, -0.2) is 21.7 Å².